The van der Waals surface area contributed by atoms with E-state index in [9.17, 15) is 9.90 Å². The van der Waals surface area contributed by atoms with Crippen molar-refractivity contribution < 1.29 is 14.6 Å². The number of nitrogens with one attached hydrogen (secondary N) is 1. The molecule has 0 spiro atoms. The van der Waals surface area contributed by atoms with Gasteiger partial charge in [0.1, 0.15) is 17.8 Å². The van der Waals surface area contributed by atoms with Crippen molar-refractivity contribution in [1.29, 1.82) is 0 Å². The second-order valence-electron chi connectivity index (χ2n) is 11.5. The Bertz CT molecular complexity index is 1400. The average Bonchev–Trinajstić information content (AvgIpc) is 3.39. The Morgan fingerprint density at radius 2 is 1.85 bits per heavy atom. The minimum Gasteiger partial charge on any atom is -0.507 e. The van der Waals surface area contributed by atoms with Crippen LogP contribution in [0.1, 0.15) is 91.8 Å². The molecule has 2 saturated carbocycles. The average molecular weight is 541 g/mol. The Labute approximate surface area is 237 Å². The van der Waals surface area contributed by atoms with Gasteiger partial charge in [-0.2, -0.15) is 0 Å². The zero-order valence-electron chi connectivity index (χ0n) is 23.9. The van der Waals surface area contributed by atoms with Crippen LogP contribution in [0, 0.1) is 30.6 Å². The van der Waals surface area contributed by atoms with E-state index in [0.29, 0.717) is 23.2 Å². The van der Waals surface area contributed by atoms with Gasteiger partial charge in [0.05, 0.1) is 12.7 Å². The molecule has 0 atom stereocenters. The van der Waals surface area contributed by atoms with Gasteiger partial charge >= 0.3 is 0 Å². The highest BCUT2D eigenvalue weighted by molar-refractivity contribution is 5.94. The quantitative estimate of drug-likeness (QED) is 0.284. The summed E-state index contributed by atoms with van der Waals surface area (Å²) in [6.45, 7) is 2.10. The molecule has 1 heterocycles. The number of aryl methyl sites for hydroxylation is 2. The first-order valence-electron chi connectivity index (χ1n) is 14.6. The summed E-state index contributed by atoms with van der Waals surface area (Å²) in [6.07, 6.45) is 12.0. The van der Waals surface area contributed by atoms with Crippen LogP contribution < -0.4 is 10.1 Å². The summed E-state index contributed by atoms with van der Waals surface area (Å²) in [6, 6.07) is 10.0. The van der Waals surface area contributed by atoms with Gasteiger partial charge in [0.15, 0.2) is 0 Å². The number of rotatable bonds is 6. The molecule has 3 aromatic rings. The summed E-state index contributed by atoms with van der Waals surface area (Å²) in [7, 11) is 3.51. The van der Waals surface area contributed by atoms with Gasteiger partial charge in [-0.1, -0.05) is 37.3 Å². The van der Waals surface area contributed by atoms with Gasteiger partial charge in [-0.15, -0.1) is 5.10 Å². The maximum absolute atomic E-state index is 13.2. The normalized spacial score (nSPS) is 19.5. The number of aromatic nitrogens is 3. The van der Waals surface area contributed by atoms with Crippen molar-refractivity contribution >= 4 is 11.6 Å². The van der Waals surface area contributed by atoms with Crippen LogP contribution in [-0.4, -0.2) is 32.9 Å². The van der Waals surface area contributed by atoms with Crippen molar-refractivity contribution in [2.75, 3.05) is 12.4 Å². The molecule has 0 bridgehead atoms. The van der Waals surface area contributed by atoms with E-state index in [2.05, 4.69) is 52.4 Å². The number of hydrogen-bond acceptors (Lipinski definition) is 5. The molecule has 2 aliphatic rings. The molecule has 0 radical (unpaired) electrons. The Balaban J connectivity index is 1.37. The van der Waals surface area contributed by atoms with Gasteiger partial charge in [-0.3, -0.25) is 9.48 Å². The van der Waals surface area contributed by atoms with Crippen LogP contribution in [0.3, 0.4) is 0 Å². The number of ether oxygens (including phenoxy) is 1. The number of phenolic OH excluding ortho intramolecular Hbond substituents is 1. The van der Waals surface area contributed by atoms with Crippen LogP contribution in [0.15, 0.2) is 36.7 Å². The lowest BCUT2D eigenvalue weighted by atomic mass is 9.76. The number of benzene rings is 2. The predicted octanol–water partition coefficient (Wildman–Crippen LogP) is 6.27. The summed E-state index contributed by atoms with van der Waals surface area (Å²) < 4.78 is 7.05. The Hall–Kier alpha value is -3.79. The van der Waals surface area contributed by atoms with E-state index < -0.39 is 0 Å². The molecular formula is C33H40N4O3. The molecule has 1 aromatic heterocycles. The second kappa shape index (κ2) is 12.6. The maximum Gasteiger partial charge on any atom is 0.227 e. The lowest BCUT2D eigenvalue weighted by Crippen LogP contribution is -2.26. The third-order valence-electron chi connectivity index (χ3n) is 8.65. The van der Waals surface area contributed by atoms with E-state index in [4.69, 9.17) is 4.74 Å². The van der Waals surface area contributed by atoms with Gasteiger partial charge in [-0.05, 0) is 105 Å². The molecule has 2 aromatic carbocycles. The summed E-state index contributed by atoms with van der Waals surface area (Å²) in [5.74, 6) is 8.71. The summed E-state index contributed by atoms with van der Waals surface area (Å²) in [5, 5.41) is 18.4. The highest BCUT2D eigenvalue weighted by Crippen LogP contribution is 2.40. The van der Waals surface area contributed by atoms with Crippen LogP contribution in [0.5, 0.6) is 11.5 Å². The molecule has 7 heteroatoms. The van der Waals surface area contributed by atoms with E-state index in [1.807, 2.05) is 6.07 Å². The molecule has 1 amide bonds. The topological polar surface area (TPSA) is 89.3 Å². The van der Waals surface area contributed by atoms with Crippen LogP contribution in [0.25, 0.3) is 0 Å². The first-order valence-corrected chi connectivity index (χ1v) is 14.6. The van der Waals surface area contributed by atoms with Gasteiger partial charge in [0, 0.05) is 18.7 Å². The molecule has 5 rings (SSSR count). The molecule has 0 unspecified atom stereocenters. The smallest absolute Gasteiger partial charge is 0.227 e. The summed E-state index contributed by atoms with van der Waals surface area (Å²) in [4.78, 5) is 17.4. The molecular weight excluding hydrogens is 500 g/mol. The van der Waals surface area contributed by atoms with E-state index in [-0.39, 0.29) is 17.6 Å². The summed E-state index contributed by atoms with van der Waals surface area (Å²) >= 11 is 0. The fourth-order valence-electron chi connectivity index (χ4n) is 6.36. The Morgan fingerprint density at radius 1 is 1.07 bits per heavy atom. The standard InChI is InChI=1S/C33H40N4O3/c1-22-19-26(13-17-31(22)40-3)24-11-9-23(10-12-24)20-28-27(14-18-32-34-21-37(2)36-32)30(38)16-15-29(28)35-33(39)25-7-5-4-6-8-25/h13,15-17,19,21,23-25,38H,4-12,20H2,1-3H3,(H,35,39). The molecule has 7 nitrogen and oxygen atoms in total. The Kier molecular flexibility index (Phi) is 8.74. The van der Waals surface area contributed by atoms with Crippen molar-refractivity contribution in [3.8, 4) is 23.3 Å². The van der Waals surface area contributed by atoms with Crippen molar-refractivity contribution in [1.82, 2.24) is 14.8 Å². The molecule has 0 aliphatic heterocycles. The fourth-order valence-corrected chi connectivity index (χ4v) is 6.36. The third-order valence-corrected chi connectivity index (χ3v) is 8.65. The number of carbonyl (C=O) groups excluding carboxylic acids is 1. The summed E-state index contributed by atoms with van der Waals surface area (Å²) in [5.41, 5.74) is 4.78. The minimum atomic E-state index is 0.0473. The van der Waals surface area contributed by atoms with Crippen molar-refractivity contribution in [3.05, 3.63) is 64.7 Å². The zero-order valence-corrected chi connectivity index (χ0v) is 23.9. The van der Waals surface area contributed by atoms with E-state index in [1.165, 1.54) is 17.5 Å². The Morgan fingerprint density at radius 3 is 2.52 bits per heavy atom. The molecule has 2 N–H and O–H groups in total. The molecule has 2 fully saturated rings. The number of anilines is 1. The number of carbonyl (C=O) groups is 1. The first-order chi connectivity index (χ1) is 19.4. The number of hydrogen-bond donors (Lipinski definition) is 2. The van der Waals surface area contributed by atoms with Crippen molar-refractivity contribution in [3.63, 3.8) is 0 Å². The highest BCUT2D eigenvalue weighted by Gasteiger charge is 2.27. The SMILES string of the molecule is COc1ccc(C2CCC(Cc3c(NC(=O)C4CCCCC4)ccc(O)c3C#Cc3ncn(C)n3)CC2)cc1C. The van der Waals surface area contributed by atoms with Gasteiger partial charge < -0.3 is 15.2 Å². The maximum atomic E-state index is 13.2. The number of phenols is 1. The van der Waals surface area contributed by atoms with Crippen LogP contribution >= 0.6 is 0 Å². The van der Waals surface area contributed by atoms with Crippen LogP contribution in [0.4, 0.5) is 5.69 Å². The van der Waals surface area contributed by atoms with Gasteiger partial charge in [0.25, 0.3) is 0 Å². The third kappa shape index (κ3) is 6.50. The molecule has 40 heavy (non-hydrogen) atoms. The fraction of sp³-hybridized carbons (Fsp3) is 0.485. The lowest BCUT2D eigenvalue weighted by Gasteiger charge is -2.30. The predicted molar refractivity (Wildman–Crippen MR) is 156 cm³/mol. The zero-order chi connectivity index (χ0) is 28.1. The van der Waals surface area contributed by atoms with Gasteiger partial charge in [-0.25, -0.2) is 4.98 Å². The number of methoxy groups -OCH3 is 1. The second-order valence-corrected chi connectivity index (χ2v) is 11.5. The largest absolute Gasteiger partial charge is 0.507 e. The van der Waals surface area contributed by atoms with Crippen molar-refractivity contribution in [2.45, 2.75) is 77.0 Å². The highest BCUT2D eigenvalue weighted by atomic mass is 16.5. The number of amides is 1. The van der Waals surface area contributed by atoms with Crippen LogP contribution in [-0.2, 0) is 18.3 Å². The van der Waals surface area contributed by atoms with E-state index >= 15 is 0 Å². The molecule has 210 valence electrons. The van der Waals surface area contributed by atoms with Gasteiger partial charge in [0.2, 0.25) is 11.7 Å². The van der Waals surface area contributed by atoms with Crippen LogP contribution in [0.2, 0.25) is 0 Å². The van der Waals surface area contributed by atoms with Crippen molar-refractivity contribution in [2.24, 2.45) is 18.9 Å². The lowest BCUT2D eigenvalue weighted by molar-refractivity contribution is -0.120. The molecule has 0 saturated heterocycles. The monoisotopic (exact) mass is 540 g/mol. The minimum absolute atomic E-state index is 0.0473. The molecule has 2 aliphatic carbocycles. The number of nitrogens with zero attached hydrogens (tertiary/aromatic N) is 3. The first kappa shape index (κ1) is 27.8. The number of aromatic hydroxyl groups is 1. The van der Waals surface area contributed by atoms with E-state index in [1.54, 1.807) is 31.2 Å². The van der Waals surface area contributed by atoms with E-state index in [0.717, 1.165) is 74.8 Å².